The molecule has 1 unspecified atom stereocenters. The third kappa shape index (κ3) is 3.04. The standard InChI is InChI=1S/C14H18N2O2S/c1-9-4-5-11(12(17)7-9)14(18)16-6-2-3-10(8-16)13(15)19/h4-5,7,10,17H,2-3,6,8H2,1H3,(H2,15,19). The summed E-state index contributed by atoms with van der Waals surface area (Å²) in [6.45, 7) is 3.10. The fourth-order valence-electron chi connectivity index (χ4n) is 2.39. The number of likely N-dealkylation sites (tertiary alicyclic amines) is 1. The SMILES string of the molecule is Cc1ccc(C(=O)N2CCCC(C(N)=S)C2)c(O)c1. The number of nitrogens with two attached hydrogens (primary N) is 1. The van der Waals surface area contributed by atoms with Gasteiger partial charge in [0.25, 0.3) is 5.91 Å². The molecule has 0 saturated carbocycles. The van der Waals surface area contributed by atoms with Crippen molar-refractivity contribution in [2.75, 3.05) is 13.1 Å². The molecule has 1 saturated heterocycles. The molecule has 19 heavy (non-hydrogen) atoms. The van der Waals surface area contributed by atoms with E-state index in [1.807, 2.05) is 13.0 Å². The summed E-state index contributed by atoms with van der Waals surface area (Å²) in [7, 11) is 0. The number of nitrogens with zero attached hydrogens (tertiary/aromatic N) is 1. The number of carbonyl (C=O) groups excluding carboxylic acids is 1. The largest absolute Gasteiger partial charge is 0.507 e. The van der Waals surface area contributed by atoms with Crippen LogP contribution >= 0.6 is 12.2 Å². The number of piperidine rings is 1. The van der Waals surface area contributed by atoms with Gasteiger partial charge in [-0.05, 0) is 37.5 Å². The summed E-state index contributed by atoms with van der Waals surface area (Å²) < 4.78 is 0. The summed E-state index contributed by atoms with van der Waals surface area (Å²) in [5.41, 5.74) is 6.93. The van der Waals surface area contributed by atoms with E-state index in [4.69, 9.17) is 18.0 Å². The minimum Gasteiger partial charge on any atom is -0.507 e. The topological polar surface area (TPSA) is 66.6 Å². The van der Waals surface area contributed by atoms with Crippen LogP contribution in [0.1, 0.15) is 28.8 Å². The Labute approximate surface area is 118 Å². The summed E-state index contributed by atoms with van der Waals surface area (Å²) in [6.07, 6.45) is 1.82. The zero-order valence-corrected chi connectivity index (χ0v) is 11.7. The first-order valence-electron chi connectivity index (χ1n) is 6.37. The maximum absolute atomic E-state index is 12.4. The van der Waals surface area contributed by atoms with Gasteiger partial charge in [0.1, 0.15) is 5.75 Å². The van der Waals surface area contributed by atoms with E-state index in [1.165, 1.54) is 0 Å². The van der Waals surface area contributed by atoms with E-state index in [9.17, 15) is 9.90 Å². The van der Waals surface area contributed by atoms with Crippen LogP contribution in [0, 0.1) is 12.8 Å². The Kier molecular flexibility index (Phi) is 4.04. The molecule has 0 radical (unpaired) electrons. The van der Waals surface area contributed by atoms with Crippen molar-refractivity contribution in [3.05, 3.63) is 29.3 Å². The summed E-state index contributed by atoms with van der Waals surface area (Å²) in [5, 5.41) is 9.87. The number of thiocarbonyl (C=S) groups is 1. The van der Waals surface area contributed by atoms with Gasteiger partial charge in [-0.2, -0.15) is 0 Å². The molecule has 1 heterocycles. The maximum Gasteiger partial charge on any atom is 0.257 e. The highest BCUT2D eigenvalue weighted by molar-refractivity contribution is 7.80. The Morgan fingerprint density at radius 2 is 2.26 bits per heavy atom. The summed E-state index contributed by atoms with van der Waals surface area (Å²) in [6, 6.07) is 5.08. The van der Waals surface area contributed by atoms with Crippen LogP contribution in [0.3, 0.4) is 0 Å². The molecule has 1 aromatic carbocycles. The first-order chi connectivity index (χ1) is 8.99. The third-order valence-corrected chi connectivity index (χ3v) is 3.83. The Morgan fingerprint density at radius 3 is 2.89 bits per heavy atom. The van der Waals surface area contributed by atoms with Crippen molar-refractivity contribution < 1.29 is 9.90 Å². The van der Waals surface area contributed by atoms with Crippen molar-refractivity contribution in [2.24, 2.45) is 11.7 Å². The minimum atomic E-state index is -0.154. The Balaban J connectivity index is 2.17. The van der Waals surface area contributed by atoms with Crippen LogP contribution in [-0.2, 0) is 0 Å². The van der Waals surface area contributed by atoms with Gasteiger partial charge in [-0.1, -0.05) is 18.3 Å². The molecule has 0 aromatic heterocycles. The molecule has 0 aliphatic carbocycles. The van der Waals surface area contributed by atoms with E-state index in [0.29, 0.717) is 23.6 Å². The zero-order chi connectivity index (χ0) is 14.0. The molecule has 1 aliphatic heterocycles. The number of phenols is 1. The van der Waals surface area contributed by atoms with Crippen molar-refractivity contribution in [1.82, 2.24) is 4.90 Å². The maximum atomic E-state index is 12.4. The quantitative estimate of drug-likeness (QED) is 0.810. The molecule has 1 aliphatic rings. The van der Waals surface area contributed by atoms with Crippen LogP contribution in [0.15, 0.2) is 18.2 Å². The highest BCUT2D eigenvalue weighted by Gasteiger charge is 2.27. The van der Waals surface area contributed by atoms with E-state index in [1.54, 1.807) is 17.0 Å². The number of rotatable bonds is 2. The van der Waals surface area contributed by atoms with Crippen LogP contribution in [0.5, 0.6) is 5.75 Å². The van der Waals surface area contributed by atoms with Gasteiger partial charge in [-0.3, -0.25) is 4.79 Å². The molecular weight excluding hydrogens is 260 g/mol. The molecule has 4 nitrogen and oxygen atoms in total. The van der Waals surface area contributed by atoms with E-state index >= 15 is 0 Å². The smallest absolute Gasteiger partial charge is 0.257 e. The van der Waals surface area contributed by atoms with Crippen molar-refractivity contribution in [3.63, 3.8) is 0 Å². The fourth-order valence-corrected chi connectivity index (χ4v) is 2.58. The third-order valence-electron chi connectivity index (χ3n) is 3.49. The van der Waals surface area contributed by atoms with Gasteiger partial charge < -0.3 is 15.7 Å². The number of amides is 1. The van der Waals surface area contributed by atoms with Gasteiger partial charge in [-0.15, -0.1) is 0 Å². The lowest BCUT2D eigenvalue weighted by Gasteiger charge is -2.32. The summed E-state index contributed by atoms with van der Waals surface area (Å²) in [4.78, 5) is 14.6. The molecule has 1 aromatic rings. The number of aryl methyl sites for hydroxylation is 1. The lowest BCUT2D eigenvalue weighted by atomic mass is 9.97. The van der Waals surface area contributed by atoms with Gasteiger partial charge >= 0.3 is 0 Å². The molecule has 102 valence electrons. The van der Waals surface area contributed by atoms with E-state index in [0.717, 1.165) is 18.4 Å². The van der Waals surface area contributed by atoms with Crippen molar-refractivity contribution in [1.29, 1.82) is 0 Å². The highest BCUT2D eigenvalue weighted by Crippen LogP contribution is 2.24. The van der Waals surface area contributed by atoms with Gasteiger partial charge in [0.05, 0.1) is 10.6 Å². The lowest BCUT2D eigenvalue weighted by molar-refractivity contribution is 0.0700. The fraction of sp³-hybridized carbons (Fsp3) is 0.429. The molecule has 3 N–H and O–H groups in total. The van der Waals surface area contributed by atoms with Crippen molar-refractivity contribution in [3.8, 4) is 5.75 Å². The monoisotopic (exact) mass is 278 g/mol. The van der Waals surface area contributed by atoms with E-state index < -0.39 is 0 Å². The number of phenolic OH excluding ortho intramolecular Hbond substituents is 1. The summed E-state index contributed by atoms with van der Waals surface area (Å²) in [5.74, 6) is -0.0406. The number of benzene rings is 1. The Hall–Kier alpha value is -1.62. The second kappa shape index (κ2) is 5.57. The van der Waals surface area contributed by atoms with Gasteiger partial charge in [0, 0.05) is 19.0 Å². The molecular formula is C14H18N2O2S. The number of hydrogen-bond donors (Lipinski definition) is 2. The normalized spacial score (nSPS) is 19.2. The zero-order valence-electron chi connectivity index (χ0n) is 10.9. The van der Waals surface area contributed by atoms with Gasteiger partial charge in [0.2, 0.25) is 0 Å². The minimum absolute atomic E-state index is 0.0300. The predicted octanol–water partition coefficient (Wildman–Crippen LogP) is 1.84. The number of hydrogen-bond acceptors (Lipinski definition) is 3. The van der Waals surface area contributed by atoms with Crippen molar-refractivity contribution >= 4 is 23.1 Å². The van der Waals surface area contributed by atoms with Gasteiger partial charge in [-0.25, -0.2) is 0 Å². The van der Waals surface area contributed by atoms with Crippen LogP contribution in [0.2, 0.25) is 0 Å². The molecule has 1 atom stereocenters. The second-order valence-electron chi connectivity index (χ2n) is 5.01. The average molecular weight is 278 g/mol. The van der Waals surface area contributed by atoms with Crippen molar-refractivity contribution in [2.45, 2.75) is 19.8 Å². The van der Waals surface area contributed by atoms with E-state index in [-0.39, 0.29) is 17.6 Å². The first kappa shape index (κ1) is 13.8. The average Bonchev–Trinajstić information content (AvgIpc) is 2.38. The molecule has 1 fully saturated rings. The molecule has 1 amide bonds. The first-order valence-corrected chi connectivity index (χ1v) is 6.78. The second-order valence-corrected chi connectivity index (χ2v) is 5.48. The highest BCUT2D eigenvalue weighted by atomic mass is 32.1. The molecule has 2 rings (SSSR count). The molecule has 0 bridgehead atoms. The molecule has 0 spiro atoms. The molecule has 5 heteroatoms. The van der Waals surface area contributed by atoms with Crippen LogP contribution in [0.25, 0.3) is 0 Å². The lowest BCUT2D eigenvalue weighted by Crippen LogP contribution is -2.43. The van der Waals surface area contributed by atoms with E-state index in [2.05, 4.69) is 0 Å². The summed E-state index contributed by atoms with van der Waals surface area (Å²) >= 11 is 5.00. The predicted molar refractivity (Wildman–Crippen MR) is 78.3 cm³/mol. The Morgan fingerprint density at radius 1 is 1.53 bits per heavy atom. The van der Waals surface area contributed by atoms with Crippen LogP contribution in [0.4, 0.5) is 0 Å². The number of carbonyl (C=O) groups is 1. The Bertz CT molecular complexity index is 516. The van der Waals surface area contributed by atoms with Crippen LogP contribution < -0.4 is 5.73 Å². The van der Waals surface area contributed by atoms with Crippen LogP contribution in [-0.4, -0.2) is 34.0 Å². The van der Waals surface area contributed by atoms with Gasteiger partial charge in [0.15, 0.2) is 0 Å². The number of aromatic hydroxyl groups is 1.